The summed E-state index contributed by atoms with van der Waals surface area (Å²) >= 11 is 3.49. The molecule has 0 atom stereocenters. The van der Waals surface area contributed by atoms with E-state index in [2.05, 4.69) is 28.0 Å². The maximum atomic E-state index is 6.08. The molecule has 0 bridgehead atoms. The van der Waals surface area contributed by atoms with Gasteiger partial charge in [0.1, 0.15) is 5.82 Å². The standard InChI is InChI=1S/C13H22BrN3/c1-3-4-10-5-7-11(8-6-10)17-13(15)12(14)9(2)16-17/h10-11H,3-8,15H2,1-2H3. The number of aryl methyl sites for hydroxylation is 1. The number of rotatable bonds is 3. The highest BCUT2D eigenvalue weighted by Crippen LogP contribution is 2.37. The lowest BCUT2D eigenvalue weighted by Crippen LogP contribution is -2.20. The van der Waals surface area contributed by atoms with Crippen LogP contribution in [0.4, 0.5) is 5.82 Å². The molecule has 1 aliphatic carbocycles. The Bertz CT molecular complexity index is 378. The molecule has 0 unspecified atom stereocenters. The summed E-state index contributed by atoms with van der Waals surface area (Å²) in [6.07, 6.45) is 7.79. The Morgan fingerprint density at radius 2 is 2.00 bits per heavy atom. The van der Waals surface area contributed by atoms with E-state index in [4.69, 9.17) is 5.73 Å². The third-order valence-electron chi connectivity index (χ3n) is 3.91. The summed E-state index contributed by atoms with van der Waals surface area (Å²) in [4.78, 5) is 0. The highest BCUT2D eigenvalue weighted by atomic mass is 79.9. The molecule has 0 aromatic carbocycles. The predicted molar refractivity (Wildman–Crippen MR) is 75.0 cm³/mol. The molecular formula is C13H22BrN3. The van der Waals surface area contributed by atoms with Gasteiger partial charge in [0, 0.05) is 0 Å². The minimum atomic E-state index is 0.508. The van der Waals surface area contributed by atoms with E-state index in [-0.39, 0.29) is 0 Å². The molecule has 1 saturated carbocycles. The van der Waals surface area contributed by atoms with Gasteiger partial charge in [-0.25, -0.2) is 4.68 Å². The Labute approximate surface area is 112 Å². The molecule has 1 fully saturated rings. The lowest BCUT2D eigenvalue weighted by Gasteiger charge is -2.29. The van der Waals surface area contributed by atoms with E-state index in [1.165, 1.54) is 38.5 Å². The van der Waals surface area contributed by atoms with Crippen molar-refractivity contribution in [1.29, 1.82) is 0 Å². The first-order chi connectivity index (χ1) is 8.13. The van der Waals surface area contributed by atoms with Crippen LogP contribution in [0.1, 0.15) is 57.2 Å². The molecule has 2 N–H and O–H groups in total. The second-order valence-corrected chi connectivity index (χ2v) is 5.99. The summed E-state index contributed by atoms with van der Waals surface area (Å²) in [6.45, 7) is 4.28. The van der Waals surface area contributed by atoms with Gasteiger partial charge in [0.05, 0.1) is 16.2 Å². The van der Waals surface area contributed by atoms with E-state index < -0.39 is 0 Å². The first-order valence-electron chi connectivity index (χ1n) is 6.63. The van der Waals surface area contributed by atoms with Crippen molar-refractivity contribution in [3.8, 4) is 0 Å². The molecule has 1 heterocycles. The van der Waals surface area contributed by atoms with Crippen molar-refractivity contribution in [2.45, 2.75) is 58.4 Å². The molecule has 1 aliphatic rings. The zero-order valence-electron chi connectivity index (χ0n) is 10.7. The summed E-state index contributed by atoms with van der Waals surface area (Å²) in [5.41, 5.74) is 7.08. The van der Waals surface area contributed by atoms with E-state index in [9.17, 15) is 0 Å². The molecule has 0 saturated heterocycles. The minimum absolute atomic E-state index is 0.508. The van der Waals surface area contributed by atoms with Gasteiger partial charge < -0.3 is 5.73 Å². The molecule has 0 radical (unpaired) electrons. The van der Waals surface area contributed by atoms with E-state index >= 15 is 0 Å². The molecular weight excluding hydrogens is 278 g/mol. The molecule has 0 aliphatic heterocycles. The summed E-state index contributed by atoms with van der Waals surface area (Å²) in [6, 6.07) is 0.508. The summed E-state index contributed by atoms with van der Waals surface area (Å²) in [5.74, 6) is 1.72. The maximum Gasteiger partial charge on any atom is 0.136 e. The smallest absolute Gasteiger partial charge is 0.136 e. The third kappa shape index (κ3) is 2.67. The van der Waals surface area contributed by atoms with Crippen LogP contribution in [0.25, 0.3) is 0 Å². The maximum absolute atomic E-state index is 6.08. The second-order valence-electron chi connectivity index (χ2n) is 5.19. The Kier molecular flexibility index (Phi) is 4.13. The highest BCUT2D eigenvalue weighted by molar-refractivity contribution is 9.10. The summed E-state index contributed by atoms with van der Waals surface area (Å²) in [7, 11) is 0. The van der Waals surface area contributed by atoms with Crippen molar-refractivity contribution in [1.82, 2.24) is 9.78 Å². The van der Waals surface area contributed by atoms with Gasteiger partial charge in [0.2, 0.25) is 0 Å². The summed E-state index contributed by atoms with van der Waals surface area (Å²) in [5, 5.41) is 4.55. The zero-order chi connectivity index (χ0) is 12.4. The van der Waals surface area contributed by atoms with Gasteiger partial charge in [-0.15, -0.1) is 0 Å². The average Bonchev–Trinajstić information content (AvgIpc) is 2.59. The van der Waals surface area contributed by atoms with Gasteiger partial charge >= 0.3 is 0 Å². The molecule has 0 amide bonds. The number of nitrogen functional groups attached to an aromatic ring is 1. The largest absolute Gasteiger partial charge is 0.383 e. The van der Waals surface area contributed by atoms with Gasteiger partial charge in [0.25, 0.3) is 0 Å². The lowest BCUT2D eigenvalue weighted by atomic mass is 9.83. The van der Waals surface area contributed by atoms with E-state index in [1.54, 1.807) is 0 Å². The number of hydrogen-bond donors (Lipinski definition) is 1. The van der Waals surface area contributed by atoms with Gasteiger partial charge in [-0.3, -0.25) is 0 Å². The van der Waals surface area contributed by atoms with Gasteiger partial charge in [-0.1, -0.05) is 19.8 Å². The molecule has 1 aromatic heterocycles. The van der Waals surface area contributed by atoms with Crippen LogP contribution in [-0.4, -0.2) is 9.78 Å². The van der Waals surface area contributed by atoms with Crippen LogP contribution in [0.5, 0.6) is 0 Å². The van der Waals surface area contributed by atoms with Crippen LogP contribution >= 0.6 is 15.9 Å². The average molecular weight is 300 g/mol. The fourth-order valence-electron chi connectivity index (χ4n) is 2.91. The lowest BCUT2D eigenvalue weighted by molar-refractivity contribution is 0.252. The molecule has 1 aromatic rings. The molecule has 2 rings (SSSR count). The van der Waals surface area contributed by atoms with Crippen LogP contribution < -0.4 is 5.73 Å². The molecule has 96 valence electrons. The van der Waals surface area contributed by atoms with Crippen molar-refractivity contribution in [2.24, 2.45) is 5.92 Å². The van der Waals surface area contributed by atoms with Crippen LogP contribution in [0, 0.1) is 12.8 Å². The molecule has 4 heteroatoms. The van der Waals surface area contributed by atoms with Crippen LogP contribution in [0.15, 0.2) is 4.47 Å². The predicted octanol–water partition coefficient (Wildman–Crippen LogP) is 4.07. The Morgan fingerprint density at radius 3 is 2.47 bits per heavy atom. The third-order valence-corrected chi connectivity index (χ3v) is 4.89. The van der Waals surface area contributed by atoms with Crippen molar-refractivity contribution < 1.29 is 0 Å². The van der Waals surface area contributed by atoms with Gasteiger partial charge in [0.15, 0.2) is 0 Å². The van der Waals surface area contributed by atoms with Crippen molar-refractivity contribution >= 4 is 21.7 Å². The second kappa shape index (κ2) is 5.42. The normalized spacial score (nSPS) is 25.1. The first kappa shape index (κ1) is 12.9. The zero-order valence-corrected chi connectivity index (χ0v) is 12.3. The number of nitrogens with two attached hydrogens (primary N) is 1. The van der Waals surface area contributed by atoms with Crippen molar-refractivity contribution in [3.63, 3.8) is 0 Å². The first-order valence-corrected chi connectivity index (χ1v) is 7.42. The number of hydrogen-bond acceptors (Lipinski definition) is 2. The number of nitrogens with zero attached hydrogens (tertiary/aromatic N) is 2. The quantitative estimate of drug-likeness (QED) is 0.914. The fraction of sp³-hybridized carbons (Fsp3) is 0.769. The van der Waals surface area contributed by atoms with Crippen LogP contribution in [0.2, 0.25) is 0 Å². The van der Waals surface area contributed by atoms with E-state index in [1.807, 2.05) is 11.6 Å². The molecule has 3 nitrogen and oxygen atoms in total. The molecule has 17 heavy (non-hydrogen) atoms. The van der Waals surface area contributed by atoms with Crippen LogP contribution in [-0.2, 0) is 0 Å². The SMILES string of the molecule is CCCC1CCC(n2nc(C)c(Br)c2N)CC1. The number of aromatic nitrogens is 2. The summed E-state index contributed by atoms with van der Waals surface area (Å²) < 4.78 is 3.00. The fourth-order valence-corrected chi connectivity index (χ4v) is 3.17. The highest BCUT2D eigenvalue weighted by Gasteiger charge is 2.24. The van der Waals surface area contributed by atoms with Crippen molar-refractivity contribution in [2.75, 3.05) is 5.73 Å². The Morgan fingerprint density at radius 1 is 1.35 bits per heavy atom. The number of anilines is 1. The van der Waals surface area contributed by atoms with Gasteiger partial charge in [-0.2, -0.15) is 5.10 Å². The number of halogens is 1. The molecule has 0 spiro atoms. The van der Waals surface area contributed by atoms with E-state index in [0.29, 0.717) is 6.04 Å². The Hall–Kier alpha value is -0.510. The van der Waals surface area contributed by atoms with Gasteiger partial charge in [-0.05, 0) is 54.5 Å². The van der Waals surface area contributed by atoms with Crippen LogP contribution in [0.3, 0.4) is 0 Å². The topological polar surface area (TPSA) is 43.8 Å². The minimum Gasteiger partial charge on any atom is -0.383 e. The Balaban J connectivity index is 2.03. The van der Waals surface area contributed by atoms with Crippen molar-refractivity contribution in [3.05, 3.63) is 10.2 Å². The van der Waals surface area contributed by atoms with E-state index in [0.717, 1.165) is 21.9 Å². The monoisotopic (exact) mass is 299 g/mol.